The molecule has 5 heteroatoms. The first-order chi connectivity index (χ1) is 9.61. The first kappa shape index (κ1) is 14.1. The van der Waals surface area contributed by atoms with Crippen LogP contribution in [-0.4, -0.2) is 14.2 Å². The Kier molecular flexibility index (Phi) is 4.38. The summed E-state index contributed by atoms with van der Waals surface area (Å²) < 4.78 is 25.8. The first-order valence-electron chi connectivity index (χ1n) is 6.10. The molecule has 0 aliphatic rings. The maximum absolute atomic E-state index is 11.7. The third kappa shape index (κ3) is 3.84. The molecule has 4 nitrogen and oxygen atoms in total. The molecule has 0 radical (unpaired) electrons. The Balaban J connectivity index is 2.25. The zero-order valence-electron chi connectivity index (χ0n) is 10.8. The van der Waals surface area contributed by atoms with Crippen LogP contribution in [0.25, 0.3) is 0 Å². The molecule has 2 rings (SSSR count). The van der Waals surface area contributed by atoms with Crippen molar-refractivity contribution in [3.8, 4) is 6.07 Å². The highest BCUT2D eigenvalue weighted by molar-refractivity contribution is 7.92. The van der Waals surface area contributed by atoms with Gasteiger partial charge in [-0.3, -0.25) is 4.72 Å². The van der Waals surface area contributed by atoms with Crippen LogP contribution < -0.4 is 4.72 Å². The molecule has 2 aromatic rings. The number of para-hydroxylation sites is 1. The highest BCUT2D eigenvalue weighted by Gasteiger charge is 2.12. The summed E-state index contributed by atoms with van der Waals surface area (Å²) in [5.74, 6) is -0.549. The lowest BCUT2D eigenvalue weighted by Crippen LogP contribution is -2.16. The van der Waals surface area contributed by atoms with E-state index in [9.17, 15) is 8.42 Å². The van der Waals surface area contributed by atoms with Gasteiger partial charge in [-0.25, -0.2) is 8.42 Å². The second-order valence-electron chi connectivity index (χ2n) is 4.34. The van der Waals surface area contributed by atoms with Crippen LogP contribution in [0.15, 0.2) is 54.6 Å². The fourth-order valence-electron chi connectivity index (χ4n) is 1.88. The van der Waals surface area contributed by atoms with Crippen molar-refractivity contribution in [3.05, 3.63) is 65.7 Å². The van der Waals surface area contributed by atoms with Gasteiger partial charge >= 0.3 is 0 Å². The number of nitriles is 1. The summed E-state index contributed by atoms with van der Waals surface area (Å²) in [6.45, 7) is 0. The van der Waals surface area contributed by atoms with Crippen LogP contribution in [-0.2, 0) is 16.4 Å². The SMILES string of the molecule is N#CCS(=O)(=O)Nc1ccccc1Cc1ccccc1. The van der Waals surface area contributed by atoms with E-state index in [4.69, 9.17) is 5.26 Å². The van der Waals surface area contributed by atoms with E-state index in [0.717, 1.165) is 11.1 Å². The summed E-state index contributed by atoms with van der Waals surface area (Å²) in [4.78, 5) is 0. The number of nitrogens with one attached hydrogen (secondary N) is 1. The van der Waals surface area contributed by atoms with Gasteiger partial charge in [-0.15, -0.1) is 0 Å². The van der Waals surface area contributed by atoms with E-state index in [1.807, 2.05) is 42.5 Å². The van der Waals surface area contributed by atoms with Gasteiger partial charge in [-0.2, -0.15) is 5.26 Å². The Hall–Kier alpha value is -2.32. The van der Waals surface area contributed by atoms with Crippen molar-refractivity contribution in [3.63, 3.8) is 0 Å². The molecule has 0 unspecified atom stereocenters. The quantitative estimate of drug-likeness (QED) is 0.918. The molecular weight excluding hydrogens is 272 g/mol. The van der Waals surface area contributed by atoms with E-state index in [1.54, 1.807) is 18.2 Å². The normalized spacial score (nSPS) is 10.8. The molecule has 0 atom stereocenters. The minimum Gasteiger partial charge on any atom is -0.282 e. The van der Waals surface area contributed by atoms with Crippen LogP contribution in [0.2, 0.25) is 0 Å². The maximum Gasteiger partial charge on any atom is 0.246 e. The number of benzene rings is 2. The summed E-state index contributed by atoms with van der Waals surface area (Å²) in [5.41, 5.74) is 2.49. The summed E-state index contributed by atoms with van der Waals surface area (Å²) in [6, 6.07) is 18.6. The van der Waals surface area contributed by atoms with E-state index in [2.05, 4.69) is 4.72 Å². The van der Waals surface area contributed by atoms with Crippen LogP contribution >= 0.6 is 0 Å². The monoisotopic (exact) mass is 286 g/mol. The van der Waals surface area contributed by atoms with E-state index in [-0.39, 0.29) is 0 Å². The Bertz CT molecular complexity index is 719. The van der Waals surface area contributed by atoms with Crippen LogP contribution in [0.3, 0.4) is 0 Å². The van der Waals surface area contributed by atoms with E-state index >= 15 is 0 Å². The van der Waals surface area contributed by atoms with Crippen molar-refractivity contribution in [2.75, 3.05) is 10.5 Å². The first-order valence-corrected chi connectivity index (χ1v) is 7.75. The highest BCUT2D eigenvalue weighted by Crippen LogP contribution is 2.20. The van der Waals surface area contributed by atoms with Crippen LogP contribution in [0.1, 0.15) is 11.1 Å². The summed E-state index contributed by atoms with van der Waals surface area (Å²) in [7, 11) is -3.61. The zero-order chi connectivity index (χ0) is 14.4. The lowest BCUT2D eigenvalue weighted by atomic mass is 10.0. The molecule has 0 heterocycles. The summed E-state index contributed by atoms with van der Waals surface area (Å²) >= 11 is 0. The van der Waals surface area contributed by atoms with Crippen molar-refractivity contribution < 1.29 is 8.42 Å². The van der Waals surface area contributed by atoms with Gasteiger partial charge in [0.2, 0.25) is 10.0 Å². The largest absolute Gasteiger partial charge is 0.282 e. The third-order valence-electron chi connectivity index (χ3n) is 2.77. The zero-order valence-corrected chi connectivity index (χ0v) is 11.6. The topological polar surface area (TPSA) is 70.0 Å². The molecule has 20 heavy (non-hydrogen) atoms. The molecule has 0 fully saturated rings. The second-order valence-corrected chi connectivity index (χ2v) is 6.06. The standard InChI is InChI=1S/C15H14N2O2S/c16-10-11-20(18,19)17-15-9-5-4-8-14(15)12-13-6-2-1-3-7-13/h1-9,17H,11-12H2. The van der Waals surface area contributed by atoms with Crippen LogP contribution in [0.5, 0.6) is 0 Å². The van der Waals surface area contributed by atoms with Gasteiger partial charge in [-0.05, 0) is 23.6 Å². The van der Waals surface area contributed by atoms with E-state index < -0.39 is 15.8 Å². The molecular formula is C15H14N2O2S. The molecule has 2 aromatic carbocycles. The second kappa shape index (κ2) is 6.22. The minimum atomic E-state index is -3.61. The summed E-state index contributed by atoms with van der Waals surface area (Å²) in [5, 5.41) is 8.52. The molecule has 0 spiro atoms. The van der Waals surface area contributed by atoms with Crippen LogP contribution in [0.4, 0.5) is 5.69 Å². The molecule has 1 N–H and O–H groups in total. The molecule has 0 amide bonds. The van der Waals surface area contributed by atoms with Crippen molar-refractivity contribution in [1.29, 1.82) is 5.26 Å². The molecule has 102 valence electrons. The molecule has 0 aromatic heterocycles. The maximum atomic E-state index is 11.7. The van der Waals surface area contributed by atoms with Gasteiger partial charge in [0.15, 0.2) is 5.75 Å². The van der Waals surface area contributed by atoms with E-state index in [0.29, 0.717) is 12.1 Å². The van der Waals surface area contributed by atoms with E-state index in [1.165, 1.54) is 0 Å². The number of anilines is 1. The van der Waals surface area contributed by atoms with Crippen molar-refractivity contribution in [2.45, 2.75) is 6.42 Å². The average molecular weight is 286 g/mol. The predicted octanol–water partition coefficient (Wildman–Crippen LogP) is 2.54. The Labute approximate surface area is 118 Å². The lowest BCUT2D eigenvalue weighted by Gasteiger charge is -2.11. The molecule has 0 saturated heterocycles. The fourth-order valence-corrected chi connectivity index (χ4v) is 2.65. The van der Waals surface area contributed by atoms with Gasteiger partial charge in [0.25, 0.3) is 0 Å². The van der Waals surface area contributed by atoms with Gasteiger partial charge in [0, 0.05) is 0 Å². The molecule has 0 aliphatic carbocycles. The summed E-state index contributed by atoms with van der Waals surface area (Å²) in [6.07, 6.45) is 0.631. The number of sulfonamides is 1. The number of nitrogens with zero attached hydrogens (tertiary/aromatic N) is 1. The third-order valence-corrected chi connectivity index (χ3v) is 3.81. The molecule has 0 aliphatic heterocycles. The fraction of sp³-hybridized carbons (Fsp3) is 0.133. The Morgan fingerprint density at radius 2 is 1.65 bits per heavy atom. The molecule has 0 bridgehead atoms. The highest BCUT2D eigenvalue weighted by atomic mass is 32.2. The van der Waals surface area contributed by atoms with Gasteiger partial charge in [0.1, 0.15) is 0 Å². The van der Waals surface area contributed by atoms with Crippen molar-refractivity contribution in [1.82, 2.24) is 0 Å². The Morgan fingerprint density at radius 3 is 2.35 bits per heavy atom. The van der Waals surface area contributed by atoms with Gasteiger partial charge in [0.05, 0.1) is 11.8 Å². The van der Waals surface area contributed by atoms with Crippen molar-refractivity contribution in [2.24, 2.45) is 0 Å². The minimum absolute atomic E-state index is 0.520. The predicted molar refractivity (Wildman–Crippen MR) is 78.7 cm³/mol. The number of hydrogen-bond donors (Lipinski definition) is 1. The number of rotatable bonds is 5. The van der Waals surface area contributed by atoms with Crippen molar-refractivity contribution >= 4 is 15.7 Å². The average Bonchev–Trinajstić information content (AvgIpc) is 2.42. The van der Waals surface area contributed by atoms with Gasteiger partial charge in [-0.1, -0.05) is 48.5 Å². The molecule has 0 saturated carbocycles. The lowest BCUT2D eigenvalue weighted by molar-refractivity contribution is 0.604. The van der Waals surface area contributed by atoms with Gasteiger partial charge < -0.3 is 0 Å². The van der Waals surface area contributed by atoms with Crippen LogP contribution in [0, 0.1) is 11.3 Å². The Morgan fingerprint density at radius 1 is 1.00 bits per heavy atom. The number of hydrogen-bond acceptors (Lipinski definition) is 3. The smallest absolute Gasteiger partial charge is 0.246 e.